The molecule has 0 saturated carbocycles. The van der Waals surface area contributed by atoms with Gasteiger partial charge in [-0.2, -0.15) is 4.37 Å². The Balaban J connectivity index is 2.17. The summed E-state index contributed by atoms with van der Waals surface area (Å²) >= 11 is 0.716. The summed E-state index contributed by atoms with van der Waals surface area (Å²) in [5.41, 5.74) is 13.6. The molecule has 0 bridgehead atoms. The number of benzene rings is 2. The van der Waals surface area contributed by atoms with Crippen LogP contribution >= 0.6 is 11.5 Å². The molecule has 3 amide bonds. The summed E-state index contributed by atoms with van der Waals surface area (Å²) < 4.78 is 8.88. The average molecular weight is 539 g/mol. The zero-order valence-corrected chi connectivity index (χ0v) is 22.4. The second kappa shape index (κ2) is 12.2. The fourth-order valence-corrected chi connectivity index (χ4v) is 4.48. The van der Waals surface area contributed by atoms with Crippen LogP contribution in [0.1, 0.15) is 44.3 Å². The predicted molar refractivity (Wildman–Crippen MR) is 146 cm³/mol. The van der Waals surface area contributed by atoms with Gasteiger partial charge in [0, 0.05) is 25.5 Å². The Morgan fingerprint density at radius 3 is 2.32 bits per heavy atom. The van der Waals surface area contributed by atoms with Crippen molar-refractivity contribution in [2.75, 3.05) is 42.8 Å². The number of nitrogen functional groups attached to an aromatic ring is 1. The number of nitrogens with two attached hydrogens (primary N) is 2. The van der Waals surface area contributed by atoms with Gasteiger partial charge in [0.05, 0.1) is 12.3 Å². The molecule has 1 aromatic heterocycles. The molecule has 0 radical (unpaired) electrons. The Morgan fingerprint density at radius 1 is 1.08 bits per heavy atom. The summed E-state index contributed by atoms with van der Waals surface area (Å²) in [7, 11) is 3.76. The van der Waals surface area contributed by atoms with Crippen LogP contribution in [-0.2, 0) is 14.3 Å². The van der Waals surface area contributed by atoms with E-state index in [2.05, 4.69) is 9.69 Å². The summed E-state index contributed by atoms with van der Waals surface area (Å²) in [5, 5.41) is 2.58. The second-order valence-electron chi connectivity index (χ2n) is 8.56. The number of aromatic nitrogens is 1. The van der Waals surface area contributed by atoms with E-state index in [1.807, 2.05) is 44.1 Å². The van der Waals surface area contributed by atoms with Gasteiger partial charge in [-0.05, 0) is 60.8 Å². The molecule has 38 heavy (non-hydrogen) atoms. The van der Waals surface area contributed by atoms with E-state index in [-0.39, 0.29) is 29.4 Å². The van der Waals surface area contributed by atoms with E-state index in [9.17, 15) is 19.2 Å². The van der Waals surface area contributed by atoms with Crippen LogP contribution in [0.25, 0.3) is 0 Å². The zero-order chi connectivity index (χ0) is 28.0. The van der Waals surface area contributed by atoms with Gasteiger partial charge in [-0.3, -0.25) is 24.1 Å². The molecule has 2 aromatic carbocycles. The van der Waals surface area contributed by atoms with Crippen molar-refractivity contribution >= 4 is 52.3 Å². The molecule has 0 spiro atoms. The smallest absolute Gasteiger partial charge is 0.325 e. The molecule has 0 saturated heterocycles. The molecular weight excluding hydrogens is 508 g/mol. The Hall–Kier alpha value is -4.45. The van der Waals surface area contributed by atoms with Gasteiger partial charge >= 0.3 is 5.97 Å². The van der Waals surface area contributed by atoms with Crippen molar-refractivity contribution in [1.29, 1.82) is 0 Å². The largest absolute Gasteiger partial charge is 0.465 e. The molecule has 3 rings (SSSR count). The normalized spacial score (nSPS) is 11.4. The third-order valence-corrected chi connectivity index (χ3v) is 6.45. The highest BCUT2D eigenvalue weighted by Crippen LogP contribution is 2.34. The van der Waals surface area contributed by atoms with Gasteiger partial charge in [-0.15, -0.1) is 0 Å². The lowest BCUT2D eigenvalue weighted by Gasteiger charge is -2.31. The summed E-state index contributed by atoms with van der Waals surface area (Å²) in [4.78, 5) is 54.5. The Bertz CT molecular complexity index is 1340. The monoisotopic (exact) mass is 538 g/mol. The number of rotatable bonds is 10. The lowest BCUT2D eigenvalue weighted by atomic mass is 10.0. The predicted octanol–water partition coefficient (Wildman–Crippen LogP) is 2.27. The van der Waals surface area contributed by atoms with Gasteiger partial charge < -0.3 is 26.4 Å². The molecule has 200 valence electrons. The van der Waals surface area contributed by atoms with Crippen LogP contribution in [0, 0.1) is 6.92 Å². The highest BCUT2D eigenvalue weighted by atomic mass is 32.1. The number of carbonyl (C=O) groups is 4. The summed E-state index contributed by atoms with van der Waals surface area (Å²) in [6, 6.07) is 12.9. The van der Waals surface area contributed by atoms with Crippen LogP contribution in [0.15, 0.2) is 48.5 Å². The minimum absolute atomic E-state index is 0.0478. The minimum Gasteiger partial charge on any atom is -0.465 e. The van der Waals surface area contributed by atoms with Crippen molar-refractivity contribution in [1.82, 2.24) is 9.69 Å². The van der Waals surface area contributed by atoms with Crippen LogP contribution in [0.5, 0.6) is 0 Å². The summed E-state index contributed by atoms with van der Waals surface area (Å²) in [5.74, 6) is -2.77. The maximum absolute atomic E-state index is 14.0. The first kappa shape index (κ1) is 28.1. The van der Waals surface area contributed by atoms with Gasteiger partial charge in [-0.1, -0.05) is 24.3 Å². The van der Waals surface area contributed by atoms with Gasteiger partial charge in [0.1, 0.15) is 17.5 Å². The molecule has 0 fully saturated rings. The number of aryl methyl sites for hydroxylation is 1. The molecule has 1 unspecified atom stereocenters. The third-order valence-electron chi connectivity index (χ3n) is 5.60. The molecule has 3 aromatic rings. The summed E-state index contributed by atoms with van der Waals surface area (Å²) in [6.07, 6.45) is 0. The molecule has 0 aliphatic heterocycles. The van der Waals surface area contributed by atoms with Crippen LogP contribution in [0.4, 0.5) is 17.1 Å². The lowest BCUT2D eigenvalue weighted by molar-refractivity contribution is -0.143. The molecule has 12 heteroatoms. The number of nitrogens with zero attached hydrogens (tertiary/aromatic N) is 3. The molecule has 5 N–H and O–H groups in total. The number of hydrogen-bond donors (Lipinski definition) is 3. The number of esters is 1. The van der Waals surface area contributed by atoms with Crippen molar-refractivity contribution in [3.05, 3.63) is 70.2 Å². The van der Waals surface area contributed by atoms with Gasteiger partial charge in [0.15, 0.2) is 5.69 Å². The average Bonchev–Trinajstić information content (AvgIpc) is 3.27. The molecule has 0 aliphatic rings. The second-order valence-corrected chi connectivity index (χ2v) is 9.34. The number of carbonyl (C=O) groups excluding carboxylic acids is 4. The summed E-state index contributed by atoms with van der Waals surface area (Å²) in [6.45, 7) is 3.28. The maximum atomic E-state index is 14.0. The van der Waals surface area contributed by atoms with Gasteiger partial charge in [0.2, 0.25) is 5.91 Å². The van der Waals surface area contributed by atoms with E-state index < -0.39 is 29.7 Å². The number of nitrogens with one attached hydrogen (secondary N) is 1. The Kier molecular flexibility index (Phi) is 9.02. The van der Waals surface area contributed by atoms with Crippen molar-refractivity contribution < 1.29 is 23.9 Å². The van der Waals surface area contributed by atoms with Crippen LogP contribution < -0.4 is 26.6 Å². The SMILES string of the molecule is CCOC(=O)CNC(=O)C(c1ccc(N(C)C)cc1)N(C(=O)c1snc(C(N)=O)c1N)c1cccc(C)c1. The fourth-order valence-electron chi connectivity index (χ4n) is 3.74. The van der Waals surface area contributed by atoms with E-state index in [0.717, 1.165) is 11.3 Å². The van der Waals surface area contributed by atoms with Crippen LogP contribution in [0.3, 0.4) is 0 Å². The standard InChI is InChI=1S/C26H30N6O5S/c1-5-37-19(33)14-29-25(35)22(16-9-11-17(12-10-16)31(3)4)32(18-8-6-7-15(2)13-18)26(36)23-20(27)21(24(28)34)30-38-23/h6-13,22H,5,14,27H2,1-4H3,(H2,28,34)(H,29,35). The molecular formula is C26H30N6O5S. The Labute approximate surface area is 224 Å². The number of ether oxygens (including phenoxy) is 1. The van der Waals surface area contributed by atoms with Crippen LogP contribution in [0.2, 0.25) is 0 Å². The molecule has 1 heterocycles. The van der Waals surface area contributed by atoms with E-state index in [4.69, 9.17) is 16.2 Å². The first-order valence-corrected chi connectivity index (χ1v) is 12.5. The van der Waals surface area contributed by atoms with Crippen molar-refractivity contribution in [3.63, 3.8) is 0 Å². The third kappa shape index (κ3) is 6.27. The van der Waals surface area contributed by atoms with Gasteiger partial charge in [-0.25, -0.2) is 0 Å². The first-order chi connectivity index (χ1) is 18.0. The number of anilines is 3. The van der Waals surface area contributed by atoms with Crippen molar-refractivity contribution in [3.8, 4) is 0 Å². The quantitative estimate of drug-likeness (QED) is 0.331. The van der Waals surface area contributed by atoms with E-state index >= 15 is 0 Å². The number of hydrogen-bond acceptors (Lipinski definition) is 9. The Morgan fingerprint density at radius 2 is 1.76 bits per heavy atom. The minimum atomic E-state index is -1.21. The molecule has 0 aliphatic carbocycles. The topological polar surface area (TPSA) is 161 Å². The lowest BCUT2D eigenvalue weighted by Crippen LogP contribution is -2.45. The van der Waals surface area contributed by atoms with Crippen LogP contribution in [-0.4, -0.2) is 55.3 Å². The van der Waals surface area contributed by atoms with Crippen molar-refractivity contribution in [2.24, 2.45) is 5.73 Å². The van der Waals surface area contributed by atoms with E-state index in [0.29, 0.717) is 22.8 Å². The highest BCUT2D eigenvalue weighted by molar-refractivity contribution is 7.09. The van der Waals surface area contributed by atoms with Gasteiger partial charge in [0.25, 0.3) is 11.8 Å². The van der Waals surface area contributed by atoms with E-state index in [1.165, 1.54) is 4.90 Å². The molecule has 1 atom stereocenters. The first-order valence-electron chi connectivity index (χ1n) is 11.7. The zero-order valence-electron chi connectivity index (χ0n) is 21.6. The maximum Gasteiger partial charge on any atom is 0.325 e. The van der Waals surface area contributed by atoms with E-state index in [1.54, 1.807) is 37.3 Å². The highest BCUT2D eigenvalue weighted by Gasteiger charge is 2.36. The fraction of sp³-hybridized carbons (Fsp3) is 0.269. The number of amides is 3. The molecule has 11 nitrogen and oxygen atoms in total. The van der Waals surface area contributed by atoms with Crippen molar-refractivity contribution in [2.45, 2.75) is 19.9 Å². The number of primary amides is 1.